The lowest BCUT2D eigenvalue weighted by atomic mass is 9.95. The Bertz CT molecular complexity index is 1470. The number of fused-ring (bicyclic) bond motifs is 1. The third kappa shape index (κ3) is 5.93. The summed E-state index contributed by atoms with van der Waals surface area (Å²) in [5, 5.41) is 8.61. The van der Waals surface area contributed by atoms with Crippen molar-refractivity contribution in [1.82, 2.24) is 14.8 Å². The number of ether oxygens (including phenoxy) is 3. The van der Waals surface area contributed by atoms with E-state index in [0.717, 1.165) is 22.4 Å². The molecule has 1 aliphatic heterocycles. The number of nitrogens with one attached hydrogen (secondary N) is 1. The van der Waals surface area contributed by atoms with E-state index in [1.54, 1.807) is 11.8 Å². The summed E-state index contributed by atoms with van der Waals surface area (Å²) >= 11 is 1.54. The molecule has 1 atom stereocenters. The lowest BCUT2D eigenvalue weighted by molar-refractivity contribution is -0.140. The summed E-state index contributed by atoms with van der Waals surface area (Å²) in [7, 11) is 1.60. The molecule has 2 heterocycles. The van der Waals surface area contributed by atoms with Crippen LogP contribution in [0.15, 0.2) is 95.3 Å². The third-order valence-electron chi connectivity index (χ3n) is 6.28. The van der Waals surface area contributed by atoms with E-state index >= 15 is 0 Å². The Morgan fingerprint density at radius 2 is 1.67 bits per heavy atom. The fraction of sp³-hybridized carbons (Fsp3) is 0.233. The Morgan fingerprint density at radius 1 is 0.974 bits per heavy atom. The largest absolute Gasteiger partial charge is 0.493 e. The lowest BCUT2D eigenvalue weighted by Gasteiger charge is -2.28. The van der Waals surface area contributed by atoms with Crippen LogP contribution in [-0.4, -0.2) is 33.6 Å². The average Bonchev–Trinajstić information content (AvgIpc) is 3.37. The first-order valence-corrected chi connectivity index (χ1v) is 13.7. The number of allylic oxidation sites excluding steroid dienone is 1. The van der Waals surface area contributed by atoms with Gasteiger partial charge in [0.05, 0.1) is 12.7 Å². The fourth-order valence-corrected chi connectivity index (χ4v) is 4.96. The fourth-order valence-electron chi connectivity index (χ4n) is 4.40. The summed E-state index contributed by atoms with van der Waals surface area (Å²) in [6, 6.07) is 24.7. The summed E-state index contributed by atoms with van der Waals surface area (Å²) in [6.45, 7) is 4.47. The molecule has 3 aromatic carbocycles. The summed E-state index contributed by atoms with van der Waals surface area (Å²) in [5.74, 6) is 2.13. The molecular formula is C30H30N4O4S. The van der Waals surface area contributed by atoms with Gasteiger partial charge in [0.2, 0.25) is 11.1 Å². The second kappa shape index (κ2) is 12.1. The van der Waals surface area contributed by atoms with Gasteiger partial charge in [0.15, 0.2) is 11.5 Å². The number of anilines is 1. The maximum absolute atomic E-state index is 13.5. The molecule has 200 valence electrons. The number of carbonyl (C=O) groups is 1. The van der Waals surface area contributed by atoms with Crippen LogP contribution in [-0.2, 0) is 22.7 Å². The van der Waals surface area contributed by atoms with Crippen molar-refractivity contribution in [3.05, 3.63) is 107 Å². The third-order valence-corrected chi connectivity index (χ3v) is 7.00. The van der Waals surface area contributed by atoms with Crippen molar-refractivity contribution in [3.8, 4) is 11.5 Å². The number of rotatable bonds is 10. The first-order chi connectivity index (χ1) is 19.1. The van der Waals surface area contributed by atoms with Gasteiger partial charge >= 0.3 is 5.97 Å². The lowest BCUT2D eigenvalue weighted by Crippen LogP contribution is -2.29. The Kier molecular flexibility index (Phi) is 8.17. The van der Waals surface area contributed by atoms with Gasteiger partial charge in [-0.2, -0.15) is 4.98 Å². The molecule has 1 aromatic heterocycles. The molecule has 1 N–H and O–H groups in total. The molecule has 0 aliphatic carbocycles. The number of hydrogen-bond acceptors (Lipinski definition) is 8. The zero-order valence-electron chi connectivity index (χ0n) is 22.1. The molecule has 1 unspecified atom stereocenters. The van der Waals surface area contributed by atoms with Crippen molar-refractivity contribution in [3.63, 3.8) is 0 Å². The van der Waals surface area contributed by atoms with Gasteiger partial charge in [-0.25, -0.2) is 9.48 Å². The summed E-state index contributed by atoms with van der Waals surface area (Å²) in [4.78, 5) is 18.2. The molecule has 0 bridgehead atoms. The summed E-state index contributed by atoms with van der Waals surface area (Å²) < 4.78 is 19.3. The molecule has 0 saturated carbocycles. The zero-order chi connectivity index (χ0) is 27.2. The van der Waals surface area contributed by atoms with Gasteiger partial charge in [-0.1, -0.05) is 85.4 Å². The Hall–Kier alpha value is -4.24. The van der Waals surface area contributed by atoms with Crippen molar-refractivity contribution in [2.75, 3.05) is 18.2 Å². The van der Waals surface area contributed by atoms with Crippen molar-refractivity contribution in [1.29, 1.82) is 0 Å². The van der Waals surface area contributed by atoms with E-state index in [0.29, 0.717) is 40.5 Å². The van der Waals surface area contributed by atoms with Crippen molar-refractivity contribution in [2.24, 2.45) is 0 Å². The van der Waals surface area contributed by atoms with Crippen LogP contribution in [0.25, 0.3) is 0 Å². The molecule has 0 amide bonds. The SMILES string of the molecule is CCSc1nc2n(n1)C(c1ccc(OCc3ccccc3)c(OC)c1)C(C(=O)OCc1ccccc1)=C(C)N2. The minimum atomic E-state index is -0.569. The van der Waals surface area contributed by atoms with Crippen molar-refractivity contribution in [2.45, 2.75) is 38.3 Å². The van der Waals surface area contributed by atoms with Crippen LogP contribution in [0.2, 0.25) is 0 Å². The number of benzene rings is 3. The van der Waals surface area contributed by atoms with Gasteiger partial charge in [-0.05, 0) is 41.5 Å². The number of esters is 1. The molecule has 0 fully saturated rings. The Balaban J connectivity index is 1.48. The van der Waals surface area contributed by atoms with Crippen molar-refractivity contribution < 1.29 is 19.0 Å². The van der Waals surface area contributed by atoms with Crippen LogP contribution < -0.4 is 14.8 Å². The zero-order valence-corrected chi connectivity index (χ0v) is 22.9. The monoisotopic (exact) mass is 542 g/mol. The van der Waals surface area contributed by atoms with E-state index < -0.39 is 12.0 Å². The molecular weight excluding hydrogens is 512 g/mol. The van der Waals surface area contributed by atoms with E-state index in [9.17, 15) is 4.79 Å². The maximum Gasteiger partial charge on any atom is 0.338 e. The number of methoxy groups -OCH3 is 1. The van der Waals surface area contributed by atoms with Gasteiger partial charge in [-0.15, -0.1) is 5.10 Å². The van der Waals surface area contributed by atoms with Crippen molar-refractivity contribution >= 4 is 23.7 Å². The summed E-state index contributed by atoms with van der Waals surface area (Å²) in [6.07, 6.45) is 0. The van der Waals surface area contributed by atoms with E-state index in [1.807, 2.05) is 92.7 Å². The van der Waals surface area contributed by atoms with E-state index in [2.05, 4.69) is 10.3 Å². The number of hydrogen-bond donors (Lipinski definition) is 1. The van der Waals surface area contributed by atoms with Gasteiger partial charge < -0.3 is 19.5 Å². The van der Waals surface area contributed by atoms with Gasteiger partial charge in [0.25, 0.3) is 0 Å². The maximum atomic E-state index is 13.5. The highest BCUT2D eigenvalue weighted by atomic mass is 32.2. The molecule has 5 rings (SSSR count). The Morgan fingerprint density at radius 3 is 2.33 bits per heavy atom. The molecule has 0 spiro atoms. The van der Waals surface area contributed by atoms with Crippen LogP contribution in [0.5, 0.6) is 11.5 Å². The quantitative estimate of drug-likeness (QED) is 0.193. The van der Waals surface area contributed by atoms with Gasteiger partial charge in [0.1, 0.15) is 19.3 Å². The minimum absolute atomic E-state index is 0.167. The number of carbonyl (C=O) groups excluding carboxylic acids is 1. The predicted molar refractivity (Wildman–Crippen MR) is 151 cm³/mol. The molecule has 1 aliphatic rings. The second-order valence-electron chi connectivity index (χ2n) is 8.91. The minimum Gasteiger partial charge on any atom is -0.493 e. The highest BCUT2D eigenvalue weighted by molar-refractivity contribution is 7.99. The van der Waals surface area contributed by atoms with Gasteiger partial charge in [0, 0.05) is 5.70 Å². The van der Waals surface area contributed by atoms with Crippen LogP contribution in [0.4, 0.5) is 5.95 Å². The standard InChI is InChI=1S/C30H30N4O4S/c1-4-39-30-32-29-31-20(2)26(28(35)38-19-22-13-9-6-10-14-22)27(34(29)33-30)23-15-16-24(25(17-23)36-3)37-18-21-11-7-5-8-12-21/h5-17,27H,4,18-19H2,1-3H3,(H,31,32,33). The van der Waals surface area contributed by atoms with E-state index in [1.165, 1.54) is 11.8 Å². The normalized spacial score (nSPS) is 14.4. The van der Waals surface area contributed by atoms with E-state index in [-0.39, 0.29) is 6.61 Å². The summed E-state index contributed by atoms with van der Waals surface area (Å²) in [5.41, 5.74) is 3.88. The molecule has 8 nitrogen and oxygen atoms in total. The number of nitrogens with zero attached hydrogens (tertiary/aromatic N) is 3. The highest BCUT2D eigenvalue weighted by Crippen LogP contribution is 2.40. The first kappa shape index (κ1) is 26.4. The van der Waals surface area contributed by atoms with Crippen LogP contribution in [0, 0.1) is 0 Å². The topological polar surface area (TPSA) is 87.5 Å². The smallest absolute Gasteiger partial charge is 0.338 e. The molecule has 4 aromatic rings. The van der Waals surface area contributed by atoms with Crippen LogP contribution in [0.1, 0.15) is 36.6 Å². The number of thioether (sulfide) groups is 1. The van der Waals surface area contributed by atoms with E-state index in [4.69, 9.17) is 19.3 Å². The highest BCUT2D eigenvalue weighted by Gasteiger charge is 2.36. The van der Waals surface area contributed by atoms with Crippen LogP contribution in [0.3, 0.4) is 0 Å². The predicted octanol–water partition coefficient (Wildman–Crippen LogP) is 6.01. The van der Waals surface area contributed by atoms with Crippen LogP contribution >= 0.6 is 11.8 Å². The molecule has 9 heteroatoms. The molecule has 0 saturated heterocycles. The average molecular weight is 543 g/mol. The Labute approximate surface area is 232 Å². The second-order valence-corrected chi connectivity index (χ2v) is 10.1. The first-order valence-electron chi connectivity index (χ1n) is 12.7. The molecule has 0 radical (unpaired) electrons. The number of aromatic nitrogens is 3. The molecule has 39 heavy (non-hydrogen) atoms. The van der Waals surface area contributed by atoms with Gasteiger partial charge in [-0.3, -0.25) is 0 Å².